The number of halogens is 1. The van der Waals surface area contributed by atoms with Crippen molar-refractivity contribution in [2.45, 2.75) is 18.6 Å². The van der Waals surface area contributed by atoms with Gasteiger partial charge in [0, 0.05) is 41.6 Å². The number of carbonyl (C=O) groups excluding carboxylic acids is 2. The summed E-state index contributed by atoms with van der Waals surface area (Å²) in [6, 6.07) is 7.98. The number of anilines is 2. The van der Waals surface area contributed by atoms with Crippen LogP contribution in [0.15, 0.2) is 35.7 Å². The van der Waals surface area contributed by atoms with Gasteiger partial charge in [-0.1, -0.05) is 6.07 Å². The number of hydrogen-bond donors (Lipinski definition) is 2. The highest BCUT2D eigenvalue weighted by atomic mass is 32.2. The van der Waals surface area contributed by atoms with Gasteiger partial charge in [-0.05, 0) is 36.1 Å². The Labute approximate surface area is 160 Å². The summed E-state index contributed by atoms with van der Waals surface area (Å²) < 4.78 is 14.0. The maximum atomic E-state index is 14.0. The lowest BCUT2D eigenvalue weighted by atomic mass is 10.2. The van der Waals surface area contributed by atoms with E-state index >= 15 is 0 Å². The number of benzene rings is 1. The third-order valence-corrected chi connectivity index (χ3v) is 6.01. The summed E-state index contributed by atoms with van der Waals surface area (Å²) in [7, 11) is 0. The summed E-state index contributed by atoms with van der Waals surface area (Å²) in [6.45, 7) is 1.12. The number of nitrogens with one attached hydrogen (secondary N) is 2. The standard InChI is InChI=1S/C18H20FN3O2S2/c19-15-6-5-13(22-8-1-4-17(22)23)11-16(15)21-18(24)20-7-10-25-12-14-3-2-9-26-14/h2-3,5-6,9,11H,1,4,7-8,10,12H2,(H2,20,21,24). The zero-order chi connectivity index (χ0) is 18.4. The summed E-state index contributed by atoms with van der Waals surface area (Å²) in [5.41, 5.74) is 0.682. The first-order valence-electron chi connectivity index (χ1n) is 8.38. The van der Waals surface area contributed by atoms with Crippen molar-refractivity contribution in [3.05, 3.63) is 46.4 Å². The van der Waals surface area contributed by atoms with Crippen molar-refractivity contribution in [3.8, 4) is 0 Å². The molecular weight excluding hydrogens is 373 g/mol. The molecule has 1 fully saturated rings. The van der Waals surface area contributed by atoms with Crippen LogP contribution in [0.2, 0.25) is 0 Å². The maximum Gasteiger partial charge on any atom is 0.319 e. The fraction of sp³-hybridized carbons (Fsp3) is 0.333. The summed E-state index contributed by atoms with van der Waals surface area (Å²) in [5, 5.41) is 7.29. The van der Waals surface area contributed by atoms with Crippen molar-refractivity contribution < 1.29 is 14.0 Å². The van der Waals surface area contributed by atoms with E-state index in [9.17, 15) is 14.0 Å². The Morgan fingerprint density at radius 1 is 1.35 bits per heavy atom. The lowest BCUT2D eigenvalue weighted by Crippen LogP contribution is -2.31. The van der Waals surface area contributed by atoms with Gasteiger partial charge in [-0.2, -0.15) is 11.8 Å². The molecule has 1 aromatic heterocycles. The van der Waals surface area contributed by atoms with Gasteiger partial charge in [0.2, 0.25) is 5.91 Å². The molecule has 0 spiro atoms. The number of thioether (sulfide) groups is 1. The average molecular weight is 394 g/mol. The molecule has 0 atom stereocenters. The Bertz CT molecular complexity index is 768. The highest BCUT2D eigenvalue weighted by Crippen LogP contribution is 2.26. The minimum Gasteiger partial charge on any atom is -0.337 e. The minimum atomic E-state index is -0.525. The molecule has 2 heterocycles. The van der Waals surface area contributed by atoms with Crippen LogP contribution in [-0.2, 0) is 10.5 Å². The van der Waals surface area contributed by atoms with E-state index < -0.39 is 11.8 Å². The molecule has 2 aromatic rings. The highest BCUT2D eigenvalue weighted by molar-refractivity contribution is 7.98. The molecule has 1 aliphatic heterocycles. The third kappa shape index (κ3) is 4.98. The zero-order valence-corrected chi connectivity index (χ0v) is 15.8. The molecule has 138 valence electrons. The smallest absolute Gasteiger partial charge is 0.319 e. The second kappa shape index (κ2) is 9.05. The first kappa shape index (κ1) is 18.7. The largest absolute Gasteiger partial charge is 0.337 e. The Hall–Kier alpha value is -2.06. The van der Waals surface area contributed by atoms with Crippen LogP contribution >= 0.6 is 23.1 Å². The molecule has 0 radical (unpaired) electrons. The minimum absolute atomic E-state index is 0.0229. The van der Waals surface area contributed by atoms with E-state index in [1.54, 1.807) is 34.1 Å². The summed E-state index contributed by atoms with van der Waals surface area (Å²) >= 11 is 3.44. The Morgan fingerprint density at radius 2 is 2.23 bits per heavy atom. The van der Waals surface area contributed by atoms with Crippen molar-refractivity contribution in [1.82, 2.24) is 5.32 Å². The second-order valence-corrected chi connectivity index (χ2v) is 7.96. The normalized spacial score (nSPS) is 13.9. The van der Waals surface area contributed by atoms with Crippen LogP contribution in [0.25, 0.3) is 0 Å². The van der Waals surface area contributed by atoms with Crippen molar-refractivity contribution in [1.29, 1.82) is 0 Å². The summed E-state index contributed by atoms with van der Waals surface area (Å²) in [6.07, 6.45) is 1.30. The lowest BCUT2D eigenvalue weighted by molar-refractivity contribution is -0.117. The van der Waals surface area contributed by atoms with Gasteiger partial charge in [-0.15, -0.1) is 11.3 Å². The molecule has 0 saturated carbocycles. The number of urea groups is 1. The van der Waals surface area contributed by atoms with Gasteiger partial charge < -0.3 is 15.5 Å². The van der Waals surface area contributed by atoms with Gasteiger partial charge in [-0.3, -0.25) is 4.79 Å². The van der Waals surface area contributed by atoms with Crippen molar-refractivity contribution in [3.63, 3.8) is 0 Å². The number of rotatable bonds is 7. The predicted octanol–water partition coefficient (Wildman–Crippen LogP) is 4.07. The second-order valence-electron chi connectivity index (χ2n) is 5.83. The molecule has 1 saturated heterocycles. The fourth-order valence-electron chi connectivity index (χ4n) is 2.67. The lowest BCUT2D eigenvalue weighted by Gasteiger charge is -2.17. The van der Waals surface area contributed by atoms with Gasteiger partial charge >= 0.3 is 6.03 Å². The molecule has 1 aromatic carbocycles. The molecule has 0 bridgehead atoms. The van der Waals surface area contributed by atoms with Crippen LogP contribution in [0.5, 0.6) is 0 Å². The van der Waals surface area contributed by atoms with Crippen molar-refractivity contribution >= 4 is 46.4 Å². The van der Waals surface area contributed by atoms with E-state index in [0.29, 0.717) is 25.2 Å². The molecule has 8 heteroatoms. The quantitative estimate of drug-likeness (QED) is 0.697. The maximum absolute atomic E-state index is 14.0. The van der Waals surface area contributed by atoms with E-state index in [1.165, 1.54) is 17.0 Å². The Kier molecular flexibility index (Phi) is 6.51. The van der Waals surface area contributed by atoms with Crippen molar-refractivity contribution in [2.24, 2.45) is 0 Å². The van der Waals surface area contributed by atoms with Gasteiger partial charge in [0.15, 0.2) is 0 Å². The molecule has 0 unspecified atom stereocenters. The molecule has 3 rings (SSSR count). The van der Waals surface area contributed by atoms with Crippen LogP contribution in [-0.4, -0.2) is 30.8 Å². The predicted molar refractivity (Wildman–Crippen MR) is 105 cm³/mol. The molecule has 2 N–H and O–H groups in total. The fourth-order valence-corrected chi connectivity index (χ4v) is 4.37. The number of nitrogens with zero attached hydrogens (tertiary/aromatic N) is 1. The highest BCUT2D eigenvalue weighted by Gasteiger charge is 2.22. The SMILES string of the molecule is O=C(NCCSCc1cccs1)Nc1cc(N2CCCC2=O)ccc1F. The molecule has 3 amide bonds. The first-order chi connectivity index (χ1) is 12.6. The monoisotopic (exact) mass is 393 g/mol. The van der Waals surface area contributed by atoms with Gasteiger partial charge in [0.05, 0.1) is 5.69 Å². The molecule has 1 aliphatic rings. The number of amides is 3. The van der Waals surface area contributed by atoms with Crippen LogP contribution in [0.4, 0.5) is 20.6 Å². The van der Waals surface area contributed by atoms with Crippen LogP contribution < -0.4 is 15.5 Å². The van der Waals surface area contributed by atoms with Crippen molar-refractivity contribution in [2.75, 3.05) is 29.1 Å². The topological polar surface area (TPSA) is 61.4 Å². The van der Waals surface area contributed by atoms with Gasteiger partial charge in [0.25, 0.3) is 0 Å². The van der Waals surface area contributed by atoms with E-state index in [4.69, 9.17) is 0 Å². The van der Waals surface area contributed by atoms with Gasteiger partial charge in [-0.25, -0.2) is 9.18 Å². The van der Waals surface area contributed by atoms with Gasteiger partial charge in [0.1, 0.15) is 5.82 Å². The van der Waals surface area contributed by atoms with E-state index in [0.717, 1.165) is 17.9 Å². The third-order valence-electron chi connectivity index (χ3n) is 3.94. The molecular formula is C18H20FN3O2S2. The molecule has 26 heavy (non-hydrogen) atoms. The average Bonchev–Trinajstić information content (AvgIpc) is 3.28. The number of carbonyl (C=O) groups is 2. The summed E-state index contributed by atoms with van der Waals surface area (Å²) in [4.78, 5) is 26.7. The first-order valence-corrected chi connectivity index (χ1v) is 10.4. The molecule has 0 aliphatic carbocycles. The van der Waals surface area contributed by atoms with Crippen LogP contribution in [0.1, 0.15) is 17.7 Å². The Balaban J connectivity index is 1.46. The number of thiophene rings is 1. The van der Waals surface area contributed by atoms with E-state index in [-0.39, 0.29) is 11.6 Å². The van der Waals surface area contributed by atoms with E-state index in [2.05, 4.69) is 16.7 Å². The summed E-state index contributed by atoms with van der Waals surface area (Å²) in [5.74, 6) is 1.19. The molecule has 5 nitrogen and oxygen atoms in total. The van der Waals surface area contributed by atoms with Crippen LogP contribution in [0, 0.1) is 5.82 Å². The number of hydrogen-bond acceptors (Lipinski definition) is 4. The van der Waals surface area contributed by atoms with Crippen LogP contribution in [0.3, 0.4) is 0 Å². The zero-order valence-electron chi connectivity index (χ0n) is 14.2. The van der Waals surface area contributed by atoms with E-state index in [1.807, 2.05) is 11.4 Å². The Morgan fingerprint density at radius 3 is 2.96 bits per heavy atom.